The molecule has 146 valence electrons. The van der Waals surface area contributed by atoms with Gasteiger partial charge in [-0.05, 0) is 36.9 Å². The van der Waals surface area contributed by atoms with Crippen LogP contribution in [0.5, 0.6) is 0 Å². The predicted molar refractivity (Wildman–Crippen MR) is 113 cm³/mol. The molecule has 1 heterocycles. The Morgan fingerprint density at radius 3 is 2.19 bits per heavy atom. The summed E-state index contributed by atoms with van der Waals surface area (Å²) in [6, 6.07) is 6.89. The number of hydrogen-bond donors (Lipinski definition) is 2. The Labute approximate surface area is 159 Å². The van der Waals surface area contributed by atoms with E-state index in [1.807, 2.05) is 0 Å². The SMILES string of the molecule is CCc1cccc(CC)c1NC(N)=NCC(C(C)C)N1CCN(C)CC1. The van der Waals surface area contributed by atoms with Gasteiger partial charge in [0.25, 0.3) is 0 Å². The highest BCUT2D eigenvalue weighted by atomic mass is 15.3. The van der Waals surface area contributed by atoms with Crippen molar-refractivity contribution in [2.45, 2.75) is 46.6 Å². The Bertz CT molecular complexity index is 566. The molecule has 1 fully saturated rings. The van der Waals surface area contributed by atoms with Crippen molar-refractivity contribution < 1.29 is 0 Å². The number of anilines is 1. The molecule has 0 saturated carbocycles. The van der Waals surface area contributed by atoms with Gasteiger partial charge in [-0.3, -0.25) is 9.89 Å². The Morgan fingerprint density at radius 2 is 1.69 bits per heavy atom. The second-order valence-electron chi connectivity index (χ2n) is 7.66. The largest absolute Gasteiger partial charge is 0.370 e. The molecule has 1 unspecified atom stereocenters. The number of aryl methyl sites for hydroxylation is 2. The van der Waals surface area contributed by atoms with Crippen LogP contribution in [0.25, 0.3) is 0 Å². The van der Waals surface area contributed by atoms with Crippen LogP contribution in [-0.4, -0.2) is 61.6 Å². The molecular formula is C21H37N5. The number of hydrogen-bond acceptors (Lipinski definition) is 3. The van der Waals surface area contributed by atoms with E-state index < -0.39 is 0 Å². The van der Waals surface area contributed by atoms with E-state index in [0.717, 1.165) is 51.3 Å². The quantitative estimate of drug-likeness (QED) is 0.581. The maximum Gasteiger partial charge on any atom is 0.193 e. The summed E-state index contributed by atoms with van der Waals surface area (Å²) >= 11 is 0. The van der Waals surface area contributed by atoms with Gasteiger partial charge in [0, 0.05) is 37.9 Å². The zero-order valence-electron chi connectivity index (χ0n) is 17.3. The first-order chi connectivity index (χ1) is 12.5. The number of aliphatic imine (C=N–C) groups is 1. The first kappa shape index (κ1) is 20.7. The fourth-order valence-electron chi connectivity index (χ4n) is 3.66. The highest BCUT2D eigenvalue weighted by molar-refractivity contribution is 5.93. The van der Waals surface area contributed by atoms with Crippen molar-refractivity contribution in [3.05, 3.63) is 29.3 Å². The Hall–Kier alpha value is -1.59. The van der Waals surface area contributed by atoms with Gasteiger partial charge in [0.15, 0.2) is 5.96 Å². The van der Waals surface area contributed by atoms with E-state index in [1.165, 1.54) is 11.1 Å². The van der Waals surface area contributed by atoms with Crippen LogP contribution in [0.4, 0.5) is 5.69 Å². The summed E-state index contributed by atoms with van der Waals surface area (Å²) in [4.78, 5) is 9.67. The molecule has 0 aromatic heterocycles. The average molecular weight is 360 g/mol. The summed E-state index contributed by atoms with van der Waals surface area (Å²) in [6.07, 6.45) is 1.97. The molecular weight excluding hydrogens is 322 g/mol. The molecule has 1 atom stereocenters. The van der Waals surface area contributed by atoms with Gasteiger partial charge in [-0.25, -0.2) is 0 Å². The summed E-state index contributed by atoms with van der Waals surface area (Å²) in [5, 5.41) is 3.39. The van der Waals surface area contributed by atoms with Crippen LogP contribution in [0.3, 0.4) is 0 Å². The summed E-state index contributed by atoms with van der Waals surface area (Å²) in [7, 11) is 2.19. The Morgan fingerprint density at radius 1 is 1.12 bits per heavy atom. The van der Waals surface area contributed by atoms with Gasteiger partial charge in [-0.1, -0.05) is 45.9 Å². The third kappa shape index (κ3) is 5.45. The zero-order chi connectivity index (χ0) is 19.1. The minimum atomic E-state index is 0.441. The maximum absolute atomic E-state index is 6.27. The van der Waals surface area contributed by atoms with Gasteiger partial charge in [0.1, 0.15) is 0 Å². The molecule has 0 bridgehead atoms. The molecule has 2 rings (SSSR count). The molecule has 1 aliphatic rings. The summed E-state index contributed by atoms with van der Waals surface area (Å²) < 4.78 is 0. The monoisotopic (exact) mass is 359 g/mol. The number of nitrogens with zero attached hydrogens (tertiary/aromatic N) is 3. The first-order valence-electron chi connectivity index (χ1n) is 10.1. The van der Waals surface area contributed by atoms with E-state index in [-0.39, 0.29) is 0 Å². The average Bonchev–Trinajstić information content (AvgIpc) is 2.63. The molecule has 1 aliphatic heterocycles. The van der Waals surface area contributed by atoms with Crippen LogP contribution in [0, 0.1) is 5.92 Å². The molecule has 5 nitrogen and oxygen atoms in total. The van der Waals surface area contributed by atoms with Gasteiger partial charge in [0.2, 0.25) is 0 Å². The number of nitrogens with one attached hydrogen (secondary N) is 1. The molecule has 0 spiro atoms. The molecule has 0 aliphatic carbocycles. The summed E-state index contributed by atoms with van der Waals surface area (Å²) in [5.41, 5.74) is 9.99. The first-order valence-corrected chi connectivity index (χ1v) is 10.1. The highest BCUT2D eigenvalue weighted by Gasteiger charge is 2.24. The Kier molecular flexibility index (Phi) is 7.91. The highest BCUT2D eigenvalue weighted by Crippen LogP contribution is 2.22. The van der Waals surface area contributed by atoms with Crippen LogP contribution >= 0.6 is 0 Å². The summed E-state index contributed by atoms with van der Waals surface area (Å²) in [6.45, 7) is 14.1. The second-order valence-corrected chi connectivity index (χ2v) is 7.66. The van der Waals surface area contributed by atoms with Crippen LogP contribution in [0.1, 0.15) is 38.8 Å². The van der Waals surface area contributed by atoms with Crippen molar-refractivity contribution in [2.75, 3.05) is 45.1 Å². The molecule has 1 saturated heterocycles. The predicted octanol–water partition coefficient (Wildman–Crippen LogP) is 2.81. The van der Waals surface area contributed by atoms with Crippen molar-refractivity contribution in [1.82, 2.24) is 9.80 Å². The summed E-state index contributed by atoms with van der Waals surface area (Å²) in [5.74, 6) is 1.09. The van der Waals surface area contributed by atoms with Crippen molar-refractivity contribution in [2.24, 2.45) is 16.6 Å². The normalized spacial score (nSPS) is 18.3. The number of benzene rings is 1. The number of nitrogens with two attached hydrogens (primary N) is 1. The number of guanidine groups is 1. The van der Waals surface area contributed by atoms with Crippen LogP contribution < -0.4 is 11.1 Å². The van der Waals surface area contributed by atoms with Gasteiger partial charge < -0.3 is 16.0 Å². The zero-order valence-corrected chi connectivity index (χ0v) is 17.3. The van der Waals surface area contributed by atoms with Crippen LogP contribution in [0.15, 0.2) is 23.2 Å². The van der Waals surface area contributed by atoms with Crippen LogP contribution in [0.2, 0.25) is 0 Å². The molecule has 3 N–H and O–H groups in total. The Balaban J connectivity index is 2.06. The topological polar surface area (TPSA) is 56.9 Å². The fourth-order valence-corrected chi connectivity index (χ4v) is 3.66. The van der Waals surface area contributed by atoms with Crippen LogP contribution in [-0.2, 0) is 12.8 Å². The molecule has 0 amide bonds. The van der Waals surface area contributed by atoms with Gasteiger partial charge in [-0.15, -0.1) is 0 Å². The molecule has 1 aromatic carbocycles. The van der Waals surface area contributed by atoms with E-state index in [2.05, 4.69) is 68.1 Å². The van der Waals surface area contributed by atoms with E-state index >= 15 is 0 Å². The number of piperazine rings is 1. The molecule has 26 heavy (non-hydrogen) atoms. The van der Waals surface area contributed by atoms with Crippen molar-refractivity contribution >= 4 is 11.6 Å². The third-order valence-electron chi connectivity index (χ3n) is 5.48. The lowest BCUT2D eigenvalue weighted by molar-refractivity contribution is 0.0926. The van der Waals surface area contributed by atoms with Gasteiger partial charge in [0.05, 0.1) is 6.54 Å². The second kappa shape index (κ2) is 9.93. The minimum Gasteiger partial charge on any atom is -0.370 e. The smallest absolute Gasteiger partial charge is 0.193 e. The van der Waals surface area contributed by atoms with E-state index in [9.17, 15) is 0 Å². The van der Waals surface area contributed by atoms with Gasteiger partial charge >= 0.3 is 0 Å². The third-order valence-corrected chi connectivity index (χ3v) is 5.48. The van der Waals surface area contributed by atoms with Gasteiger partial charge in [-0.2, -0.15) is 0 Å². The lowest BCUT2D eigenvalue weighted by Crippen LogP contribution is -2.51. The molecule has 0 radical (unpaired) electrons. The fraction of sp³-hybridized carbons (Fsp3) is 0.667. The van der Waals surface area contributed by atoms with Crippen molar-refractivity contribution in [3.63, 3.8) is 0 Å². The molecule has 1 aromatic rings. The molecule has 5 heteroatoms. The van der Waals surface area contributed by atoms with E-state index in [4.69, 9.17) is 10.7 Å². The van der Waals surface area contributed by atoms with Crippen molar-refractivity contribution in [3.8, 4) is 0 Å². The number of likely N-dealkylation sites (N-methyl/N-ethyl adjacent to an activating group) is 1. The van der Waals surface area contributed by atoms with E-state index in [1.54, 1.807) is 0 Å². The standard InChI is InChI=1S/C21H37N5/c1-6-17-9-8-10-18(7-2)20(17)24-21(22)23-15-19(16(3)4)26-13-11-25(5)12-14-26/h8-10,16,19H,6-7,11-15H2,1-5H3,(H3,22,23,24). The number of rotatable bonds is 7. The number of para-hydroxylation sites is 1. The van der Waals surface area contributed by atoms with E-state index in [0.29, 0.717) is 17.9 Å². The lowest BCUT2D eigenvalue weighted by Gasteiger charge is -2.39. The maximum atomic E-state index is 6.27. The minimum absolute atomic E-state index is 0.441. The lowest BCUT2D eigenvalue weighted by atomic mass is 10.0. The van der Waals surface area contributed by atoms with Crippen molar-refractivity contribution in [1.29, 1.82) is 0 Å².